The average molecular weight is 453 g/mol. The Morgan fingerprint density at radius 2 is 1.62 bits per heavy atom. The van der Waals surface area contributed by atoms with Crippen LogP contribution in [0.3, 0.4) is 0 Å². The van der Waals surface area contributed by atoms with Gasteiger partial charge in [-0.25, -0.2) is 4.98 Å². The van der Waals surface area contributed by atoms with E-state index in [-0.39, 0.29) is 5.57 Å². The van der Waals surface area contributed by atoms with Crippen molar-refractivity contribution >= 4 is 55.7 Å². The van der Waals surface area contributed by atoms with Gasteiger partial charge in [-0.2, -0.15) is 5.26 Å². The SMILES string of the molecule is N#C/C(C(=O)Nc1nc2ccccc2s1)=C1/SC=C(c2ccccc2)N1c1ccccc1. The van der Waals surface area contributed by atoms with Crippen molar-refractivity contribution in [1.82, 2.24) is 4.98 Å². The monoisotopic (exact) mass is 452 g/mol. The number of carbonyl (C=O) groups is 1. The van der Waals surface area contributed by atoms with Crippen LogP contribution in [0.1, 0.15) is 5.56 Å². The average Bonchev–Trinajstić information content (AvgIpc) is 3.45. The van der Waals surface area contributed by atoms with E-state index in [0.717, 1.165) is 27.2 Å². The van der Waals surface area contributed by atoms with Crippen LogP contribution in [0.5, 0.6) is 0 Å². The summed E-state index contributed by atoms with van der Waals surface area (Å²) in [7, 11) is 0. The molecule has 0 aliphatic carbocycles. The fraction of sp³-hybridized carbons (Fsp3) is 0. The van der Waals surface area contributed by atoms with Gasteiger partial charge in [0.1, 0.15) is 16.7 Å². The first kappa shape index (κ1) is 20.1. The van der Waals surface area contributed by atoms with E-state index in [1.807, 2.05) is 95.2 Å². The smallest absolute Gasteiger partial charge is 0.270 e. The molecule has 0 fully saturated rings. The zero-order valence-electron chi connectivity index (χ0n) is 16.7. The van der Waals surface area contributed by atoms with Gasteiger partial charge in [-0.15, -0.1) is 0 Å². The molecule has 0 saturated carbocycles. The number of amides is 1. The third-order valence-electron chi connectivity index (χ3n) is 4.88. The van der Waals surface area contributed by atoms with E-state index in [1.54, 1.807) is 0 Å². The lowest BCUT2D eigenvalue weighted by Gasteiger charge is -2.24. The largest absolute Gasteiger partial charge is 0.302 e. The highest BCUT2D eigenvalue weighted by atomic mass is 32.2. The molecule has 5 rings (SSSR count). The normalized spacial score (nSPS) is 14.7. The molecule has 1 aliphatic heterocycles. The Kier molecular flexibility index (Phi) is 5.46. The van der Waals surface area contributed by atoms with Gasteiger partial charge in [0.2, 0.25) is 0 Å². The summed E-state index contributed by atoms with van der Waals surface area (Å²) in [5.74, 6) is -0.474. The highest BCUT2D eigenvalue weighted by molar-refractivity contribution is 8.06. The molecule has 4 aromatic rings. The molecule has 0 bridgehead atoms. The second-order valence-electron chi connectivity index (χ2n) is 6.89. The number of hydrogen-bond acceptors (Lipinski definition) is 6. The zero-order chi connectivity index (χ0) is 21.9. The van der Waals surface area contributed by atoms with Crippen LogP contribution >= 0.6 is 23.1 Å². The highest BCUT2D eigenvalue weighted by Gasteiger charge is 2.30. The third-order valence-corrected chi connectivity index (χ3v) is 6.78. The van der Waals surface area contributed by atoms with Gasteiger partial charge >= 0.3 is 0 Å². The van der Waals surface area contributed by atoms with Crippen LogP contribution in [0, 0.1) is 11.3 Å². The molecule has 0 radical (unpaired) electrons. The molecule has 5 nitrogen and oxygen atoms in total. The number of nitrogens with one attached hydrogen (secondary N) is 1. The topological polar surface area (TPSA) is 69.0 Å². The zero-order valence-corrected chi connectivity index (χ0v) is 18.4. The highest BCUT2D eigenvalue weighted by Crippen LogP contribution is 2.44. The van der Waals surface area contributed by atoms with Gasteiger partial charge in [0.25, 0.3) is 5.91 Å². The molecule has 7 heteroatoms. The molecule has 32 heavy (non-hydrogen) atoms. The molecule has 154 valence electrons. The number of nitriles is 1. The Morgan fingerprint density at radius 3 is 2.34 bits per heavy atom. The molecule has 0 atom stereocenters. The van der Waals surface area contributed by atoms with Gasteiger partial charge < -0.3 is 4.90 Å². The minimum Gasteiger partial charge on any atom is -0.302 e. The Hall–Kier alpha value is -3.86. The molecule has 2 heterocycles. The van der Waals surface area contributed by atoms with Gasteiger partial charge in [-0.3, -0.25) is 10.1 Å². The molecule has 1 aromatic heterocycles. The van der Waals surface area contributed by atoms with Crippen LogP contribution in [-0.2, 0) is 4.79 Å². The van der Waals surface area contributed by atoms with Gasteiger partial charge in [-0.05, 0) is 29.8 Å². The maximum Gasteiger partial charge on any atom is 0.270 e. The number of thiazole rings is 1. The number of aromatic nitrogens is 1. The van der Waals surface area contributed by atoms with Crippen molar-refractivity contribution in [3.63, 3.8) is 0 Å². The lowest BCUT2D eigenvalue weighted by Crippen LogP contribution is -2.22. The van der Waals surface area contributed by atoms with E-state index in [9.17, 15) is 10.1 Å². The molecule has 0 saturated heterocycles. The molecule has 0 spiro atoms. The van der Waals surface area contributed by atoms with Gasteiger partial charge in [0.15, 0.2) is 5.13 Å². The summed E-state index contributed by atoms with van der Waals surface area (Å²) < 4.78 is 0.975. The number of thioether (sulfide) groups is 1. The lowest BCUT2D eigenvalue weighted by atomic mass is 10.1. The van der Waals surface area contributed by atoms with E-state index in [4.69, 9.17) is 0 Å². The van der Waals surface area contributed by atoms with Crippen molar-refractivity contribution in [3.8, 4) is 6.07 Å². The Balaban J connectivity index is 1.54. The van der Waals surface area contributed by atoms with E-state index in [1.165, 1.54) is 23.1 Å². The molecule has 1 amide bonds. The number of fused-ring (bicyclic) bond motifs is 1. The summed E-state index contributed by atoms with van der Waals surface area (Å²) in [6.45, 7) is 0. The minimum absolute atomic E-state index is 0.0419. The van der Waals surface area contributed by atoms with Crippen molar-refractivity contribution in [2.75, 3.05) is 10.2 Å². The lowest BCUT2D eigenvalue weighted by molar-refractivity contribution is -0.112. The fourth-order valence-electron chi connectivity index (χ4n) is 3.42. The Bertz CT molecular complexity index is 1370. The number of anilines is 2. The first-order valence-electron chi connectivity index (χ1n) is 9.83. The van der Waals surface area contributed by atoms with Crippen molar-refractivity contribution in [2.24, 2.45) is 0 Å². The summed E-state index contributed by atoms with van der Waals surface area (Å²) in [6.07, 6.45) is 0. The predicted molar refractivity (Wildman–Crippen MR) is 132 cm³/mol. The molecule has 0 unspecified atom stereocenters. The number of benzene rings is 3. The molecule has 1 aliphatic rings. The molecule has 3 aromatic carbocycles. The second-order valence-corrected chi connectivity index (χ2v) is 8.78. The number of carbonyl (C=O) groups excluding carboxylic acids is 1. The Labute approximate surface area is 193 Å². The van der Waals surface area contributed by atoms with Crippen LogP contribution in [-0.4, -0.2) is 10.9 Å². The van der Waals surface area contributed by atoms with Crippen molar-refractivity contribution in [1.29, 1.82) is 5.26 Å². The van der Waals surface area contributed by atoms with E-state index in [0.29, 0.717) is 10.2 Å². The molecular weight excluding hydrogens is 436 g/mol. The summed E-state index contributed by atoms with van der Waals surface area (Å²) in [6, 6.07) is 29.5. The number of para-hydroxylation sites is 2. The first-order valence-corrected chi connectivity index (χ1v) is 11.5. The van der Waals surface area contributed by atoms with Gasteiger partial charge in [0.05, 0.1) is 15.9 Å². The van der Waals surface area contributed by atoms with Gasteiger partial charge in [-0.1, -0.05) is 83.8 Å². The molecule has 1 N–H and O–H groups in total. The minimum atomic E-state index is -0.474. The summed E-state index contributed by atoms with van der Waals surface area (Å²) in [5, 5.41) is 15.8. The van der Waals surface area contributed by atoms with Crippen molar-refractivity contribution < 1.29 is 4.79 Å². The van der Waals surface area contributed by atoms with E-state index in [2.05, 4.69) is 16.4 Å². The van der Waals surface area contributed by atoms with Crippen LogP contribution in [0.25, 0.3) is 15.9 Å². The summed E-state index contributed by atoms with van der Waals surface area (Å²) in [4.78, 5) is 19.6. The van der Waals surface area contributed by atoms with E-state index < -0.39 is 5.91 Å². The standard InChI is InChI=1S/C25H16N4OS2/c26-15-19(23(30)28-25-27-20-13-7-8-14-22(20)32-25)24-29(18-11-5-2-6-12-18)21(16-31-24)17-9-3-1-4-10-17/h1-14,16H,(H,27,28,30)/b24-19-. The predicted octanol–water partition coefficient (Wildman–Crippen LogP) is 6.22. The van der Waals surface area contributed by atoms with Crippen LogP contribution in [0.4, 0.5) is 10.8 Å². The van der Waals surface area contributed by atoms with Crippen LogP contribution < -0.4 is 10.2 Å². The summed E-state index contributed by atoms with van der Waals surface area (Å²) >= 11 is 2.75. The number of hydrogen-bond donors (Lipinski definition) is 1. The number of rotatable bonds is 4. The first-order chi connectivity index (χ1) is 15.7. The quantitative estimate of drug-likeness (QED) is 0.294. The second kappa shape index (κ2) is 8.71. The third kappa shape index (κ3) is 3.78. The van der Waals surface area contributed by atoms with Crippen molar-refractivity contribution in [3.05, 3.63) is 107 Å². The number of nitrogens with zero attached hydrogens (tertiary/aromatic N) is 3. The maximum atomic E-state index is 13.1. The maximum absolute atomic E-state index is 13.1. The van der Waals surface area contributed by atoms with E-state index >= 15 is 0 Å². The summed E-state index contributed by atoms with van der Waals surface area (Å²) in [5.41, 5.74) is 3.65. The molecular formula is C25H16N4OS2. The van der Waals surface area contributed by atoms with Gasteiger partial charge in [0, 0.05) is 11.1 Å². The Morgan fingerprint density at radius 1 is 0.938 bits per heavy atom. The van der Waals surface area contributed by atoms with Crippen LogP contribution in [0.2, 0.25) is 0 Å². The van der Waals surface area contributed by atoms with Crippen LogP contribution in [0.15, 0.2) is 101 Å². The van der Waals surface area contributed by atoms with Crippen molar-refractivity contribution in [2.45, 2.75) is 0 Å². The fourth-order valence-corrected chi connectivity index (χ4v) is 5.31.